The Morgan fingerprint density at radius 3 is 2.83 bits per heavy atom. The average Bonchev–Trinajstić information content (AvgIpc) is 2.27. The van der Waals surface area contributed by atoms with Gasteiger partial charge in [0.25, 0.3) is 0 Å². The Bertz CT molecular complexity index is 407. The van der Waals surface area contributed by atoms with Crippen LogP contribution in [0.2, 0.25) is 0 Å². The number of nitrogens with one attached hydrogen (secondary N) is 1. The molecule has 3 N–H and O–H groups in total. The van der Waals surface area contributed by atoms with Gasteiger partial charge in [-0.1, -0.05) is 13.8 Å². The maximum atomic E-state index is 10.4. The minimum atomic E-state index is -0.469. The molecule has 0 saturated heterocycles. The van der Waals surface area contributed by atoms with E-state index in [0.29, 0.717) is 25.0 Å². The molecular weight excluding hydrogens is 232 g/mol. The predicted molar refractivity (Wildman–Crippen MR) is 69.4 cm³/mol. The molecule has 6 heteroatoms. The highest BCUT2D eigenvalue weighted by Gasteiger charge is 2.05. The first-order valence-corrected chi connectivity index (χ1v) is 5.94. The van der Waals surface area contributed by atoms with Crippen molar-refractivity contribution in [3.63, 3.8) is 0 Å². The molecule has 0 atom stereocenters. The van der Waals surface area contributed by atoms with Crippen molar-refractivity contribution in [2.75, 3.05) is 25.1 Å². The van der Waals surface area contributed by atoms with Crippen LogP contribution in [-0.2, 0) is 9.53 Å². The van der Waals surface area contributed by atoms with Gasteiger partial charge in [0.1, 0.15) is 6.61 Å². The Labute approximate surface area is 107 Å². The number of nitrogens with zero attached hydrogens (tertiary/aromatic N) is 2. The lowest BCUT2D eigenvalue weighted by atomic mass is 10.1. The van der Waals surface area contributed by atoms with Crippen LogP contribution >= 0.6 is 0 Å². The molecule has 0 bridgehead atoms. The van der Waals surface area contributed by atoms with Gasteiger partial charge in [0.2, 0.25) is 11.9 Å². The second-order valence-corrected chi connectivity index (χ2v) is 4.36. The molecule has 1 aromatic heterocycles. The van der Waals surface area contributed by atoms with Crippen LogP contribution in [0.1, 0.15) is 31.2 Å². The highest BCUT2D eigenvalue weighted by molar-refractivity contribution is 5.74. The number of amides is 1. The first kappa shape index (κ1) is 14.4. The smallest absolute Gasteiger partial charge is 0.243 e. The predicted octanol–water partition coefficient (Wildman–Crippen LogP) is 0.822. The Morgan fingerprint density at radius 1 is 1.50 bits per heavy atom. The topological polar surface area (TPSA) is 90.1 Å². The minimum Gasteiger partial charge on any atom is -0.370 e. The zero-order valence-electron chi connectivity index (χ0n) is 11.1. The largest absolute Gasteiger partial charge is 0.370 e. The van der Waals surface area contributed by atoms with Crippen LogP contribution in [0.5, 0.6) is 0 Å². The fraction of sp³-hybridized carbons (Fsp3) is 0.583. The number of primary amides is 1. The summed E-state index contributed by atoms with van der Waals surface area (Å²) in [5.41, 5.74) is 6.88. The molecule has 1 aromatic rings. The number of aryl methyl sites for hydroxylation is 1. The third kappa shape index (κ3) is 5.09. The van der Waals surface area contributed by atoms with Gasteiger partial charge >= 0.3 is 0 Å². The summed E-state index contributed by atoms with van der Waals surface area (Å²) in [4.78, 5) is 19.1. The second kappa shape index (κ2) is 6.90. The highest BCUT2D eigenvalue weighted by Crippen LogP contribution is 2.14. The lowest BCUT2D eigenvalue weighted by Crippen LogP contribution is -2.21. The molecule has 0 aliphatic rings. The van der Waals surface area contributed by atoms with E-state index in [1.165, 1.54) is 0 Å². The van der Waals surface area contributed by atoms with Crippen molar-refractivity contribution >= 4 is 11.9 Å². The summed E-state index contributed by atoms with van der Waals surface area (Å²) in [7, 11) is 0. The monoisotopic (exact) mass is 252 g/mol. The van der Waals surface area contributed by atoms with E-state index in [0.717, 1.165) is 11.4 Å². The molecule has 0 radical (unpaired) electrons. The molecule has 0 aliphatic carbocycles. The lowest BCUT2D eigenvalue weighted by molar-refractivity contribution is -0.122. The molecule has 0 spiro atoms. The van der Waals surface area contributed by atoms with Crippen LogP contribution in [0, 0.1) is 6.92 Å². The van der Waals surface area contributed by atoms with Gasteiger partial charge < -0.3 is 15.8 Å². The van der Waals surface area contributed by atoms with Crippen molar-refractivity contribution in [2.24, 2.45) is 5.73 Å². The lowest BCUT2D eigenvalue weighted by Gasteiger charge is -2.10. The number of hydrogen-bond donors (Lipinski definition) is 2. The first-order valence-electron chi connectivity index (χ1n) is 5.94. The van der Waals surface area contributed by atoms with Crippen LogP contribution in [0.15, 0.2) is 6.07 Å². The molecule has 1 rings (SSSR count). The van der Waals surface area contributed by atoms with Gasteiger partial charge in [-0.05, 0) is 18.9 Å². The number of carbonyl (C=O) groups excluding carboxylic acids is 1. The van der Waals surface area contributed by atoms with E-state index >= 15 is 0 Å². The van der Waals surface area contributed by atoms with Crippen molar-refractivity contribution in [1.82, 2.24) is 9.97 Å². The quantitative estimate of drug-likeness (QED) is 0.701. The summed E-state index contributed by atoms with van der Waals surface area (Å²) in [5, 5.41) is 3.06. The van der Waals surface area contributed by atoms with E-state index in [1.54, 1.807) is 0 Å². The molecule has 0 fully saturated rings. The summed E-state index contributed by atoms with van der Waals surface area (Å²) in [6.07, 6.45) is 0. The molecule has 100 valence electrons. The maximum Gasteiger partial charge on any atom is 0.243 e. The van der Waals surface area contributed by atoms with E-state index in [2.05, 4.69) is 29.1 Å². The normalized spacial score (nSPS) is 10.7. The van der Waals surface area contributed by atoms with Crippen LogP contribution < -0.4 is 11.1 Å². The van der Waals surface area contributed by atoms with Gasteiger partial charge in [-0.15, -0.1) is 0 Å². The van der Waals surface area contributed by atoms with Gasteiger partial charge in [-0.25, -0.2) is 9.97 Å². The Balaban J connectivity index is 2.44. The van der Waals surface area contributed by atoms with Gasteiger partial charge in [0.15, 0.2) is 0 Å². The Kier molecular flexibility index (Phi) is 5.51. The molecular formula is C12H20N4O2. The fourth-order valence-electron chi connectivity index (χ4n) is 1.38. The van der Waals surface area contributed by atoms with Gasteiger partial charge in [-0.2, -0.15) is 0 Å². The number of hydrogen-bond acceptors (Lipinski definition) is 5. The van der Waals surface area contributed by atoms with E-state index in [1.807, 2.05) is 13.0 Å². The average molecular weight is 252 g/mol. The molecule has 0 aromatic carbocycles. The standard InChI is InChI=1S/C12H20N4O2/c1-8(2)10-6-9(3)15-12(16-10)14-4-5-18-7-11(13)17/h6,8H,4-5,7H2,1-3H3,(H2,13,17)(H,14,15,16). The minimum absolute atomic E-state index is 0.0619. The highest BCUT2D eigenvalue weighted by atomic mass is 16.5. The maximum absolute atomic E-state index is 10.4. The molecule has 0 unspecified atom stereocenters. The molecule has 1 amide bonds. The van der Waals surface area contributed by atoms with E-state index in [-0.39, 0.29) is 6.61 Å². The van der Waals surface area contributed by atoms with Gasteiger partial charge in [0, 0.05) is 17.9 Å². The number of ether oxygens (including phenoxy) is 1. The molecule has 6 nitrogen and oxygen atoms in total. The van der Waals surface area contributed by atoms with Crippen LogP contribution in [-0.4, -0.2) is 35.6 Å². The molecule has 18 heavy (non-hydrogen) atoms. The zero-order chi connectivity index (χ0) is 13.5. The van der Waals surface area contributed by atoms with Gasteiger partial charge in [0.05, 0.1) is 6.61 Å². The SMILES string of the molecule is Cc1cc(C(C)C)nc(NCCOCC(N)=O)n1. The Hall–Kier alpha value is -1.69. The summed E-state index contributed by atoms with van der Waals surface area (Å²) in [5.74, 6) is 0.476. The van der Waals surface area contributed by atoms with E-state index < -0.39 is 5.91 Å². The summed E-state index contributed by atoms with van der Waals surface area (Å²) in [6, 6.07) is 1.97. The molecule has 0 saturated carbocycles. The van der Waals surface area contributed by atoms with Crippen LogP contribution in [0.4, 0.5) is 5.95 Å². The number of anilines is 1. The fourth-order valence-corrected chi connectivity index (χ4v) is 1.38. The van der Waals surface area contributed by atoms with Crippen LogP contribution in [0.3, 0.4) is 0 Å². The number of nitrogens with two attached hydrogens (primary N) is 1. The number of rotatable bonds is 7. The third-order valence-electron chi connectivity index (χ3n) is 2.24. The summed E-state index contributed by atoms with van der Waals surface area (Å²) >= 11 is 0. The number of carbonyl (C=O) groups is 1. The molecule has 1 heterocycles. The third-order valence-corrected chi connectivity index (χ3v) is 2.24. The van der Waals surface area contributed by atoms with Crippen molar-refractivity contribution in [3.05, 3.63) is 17.5 Å². The van der Waals surface area contributed by atoms with E-state index in [9.17, 15) is 4.79 Å². The van der Waals surface area contributed by atoms with E-state index in [4.69, 9.17) is 10.5 Å². The zero-order valence-corrected chi connectivity index (χ0v) is 11.1. The summed E-state index contributed by atoms with van der Waals surface area (Å²) in [6.45, 7) is 6.96. The van der Waals surface area contributed by atoms with Crippen molar-refractivity contribution in [2.45, 2.75) is 26.7 Å². The number of aromatic nitrogens is 2. The van der Waals surface area contributed by atoms with Gasteiger partial charge in [-0.3, -0.25) is 4.79 Å². The second-order valence-electron chi connectivity index (χ2n) is 4.36. The van der Waals surface area contributed by atoms with Crippen LogP contribution in [0.25, 0.3) is 0 Å². The first-order chi connectivity index (χ1) is 8.49. The van der Waals surface area contributed by atoms with Crippen molar-refractivity contribution < 1.29 is 9.53 Å². The van der Waals surface area contributed by atoms with Crippen molar-refractivity contribution in [3.8, 4) is 0 Å². The van der Waals surface area contributed by atoms with Crippen molar-refractivity contribution in [1.29, 1.82) is 0 Å². The molecule has 0 aliphatic heterocycles. The Morgan fingerprint density at radius 2 is 2.22 bits per heavy atom. The summed E-state index contributed by atoms with van der Waals surface area (Å²) < 4.78 is 5.03.